The first-order valence-corrected chi connectivity index (χ1v) is 5.99. The fourth-order valence-corrected chi connectivity index (χ4v) is 2.17. The zero-order valence-electron chi connectivity index (χ0n) is 10.2. The van der Waals surface area contributed by atoms with Gasteiger partial charge in [-0.05, 0) is 17.5 Å². The molecule has 0 amide bonds. The van der Waals surface area contributed by atoms with Gasteiger partial charge < -0.3 is 10.8 Å². The summed E-state index contributed by atoms with van der Waals surface area (Å²) in [4.78, 5) is 8.29. The largest absolute Gasteiger partial charge is 0.383 e. The summed E-state index contributed by atoms with van der Waals surface area (Å²) in [5.41, 5.74) is 6.97. The molecule has 3 N–H and O–H groups in total. The highest BCUT2D eigenvalue weighted by atomic mass is 16.3. The van der Waals surface area contributed by atoms with Gasteiger partial charge in [0.1, 0.15) is 11.9 Å². The molecule has 0 aliphatic carbocycles. The van der Waals surface area contributed by atoms with Crippen LogP contribution in [0.5, 0.6) is 0 Å². The van der Waals surface area contributed by atoms with E-state index in [1.807, 2.05) is 30.3 Å². The number of hydrogen-bond acceptors (Lipinski definition) is 4. The van der Waals surface area contributed by atoms with Crippen LogP contribution < -0.4 is 5.73 Å². The number of nitrogen functional groups attached to an aromatic ring is 1. The average molecular weight is 251 g/mol. The van der Waals surface area contributed by atoms with Gasteiger partial charge in [-0.25, -0.2) is 4.98 Å². The Kier molecular flexibility index (Phi) is 2.85. The molecular formula is C15H13N3O. The van der Waals surface area contributed by atoms with E-state index >= 15 is 0 Å². The van der Waals surface area contributed by atoms with Gasteiger partial charge in [-0.2, -0.15) is 0 Å². The number of aromatic nitrogens is 2. The SMILES string of the molecule is Nc1ncccc1C(O)c1nccc2ccccc12. The second kappa shape index (κ2) is 4.66. The minimum Gasteiger partial charge on any atom is -0.383 e. The van der Waals surface area contributed by atoms with E-state index in [1.165, 1.54) is 0 Å². The summed E-state index contributed by atoms with van der Waals surface area (Å²) in [6.07, 6.45) is 2.41. The van der Waals surface area contributed by atoms with E-state index in [0.717, 1.165) is 10.8 Å². The molecule has 0 aliphatic rings. The van der Waals surface area contributed by atoms with Crippen molar-refractivity contribution in [3.63, 3.8) is 0 Å². The quantitative estimate of drug-likeness (QED) is 0.733. The Balaban J connectivity index is 2.17. The van der Waals surface area contributed by atoms with Crippen molar-refractivity contribution in [2.45, 2.75) is 6.10 Å². The summed E-state index contributed by atoms with van der Waals surface area (Å²) in [6, 6.07) is 13.2. The maximum absolute atomic E-state index is 10.5. The second-order valence-corrected chi connectivity index (χ2v) is 4.30. The van der Waals surface area contributed by atoms with E-state index in [-0.39, 0.29) is 0 Å². The van der Waals surface area contributed by atoms with Gasteiger partial charge in [-0.15, -0.1) is 0 Å². The maximum atomic E-state index is 10.5. The molecule has 3 rings (SSSR count). The first kappa shape index (κ1) is 11.6. The molecule has 0 fully saturated rings. The monoisotopic (exact) mass is 251 g/mol. The molecule has 0 bridgehead atoms. The molecule has 1 atom stereocenters. The van der Waals surface area contributed by atoms with E-state index in [2.05, 4.69) is 9.97 Å². The molecule has 0 saturated heterocycles. The van der Waals surface area contributed by atoms with E-state index in [9.17, 15) is 5.11 Å². The number of pyridine rings is 2. The number of rotatable bonds is 2. The van der Waals surface area contributed by atoms with Gasteiger partial charge in [0.15, 0.2) is 0 Å². The first-order chi connectivity index (χ1) is 9.27. The van der Waals surface area contributed by atoms with E-state index in [1.54, 1.807) is 24.5 Å². The smallest absolute Gasteiger partial charge is 0.129 e. The van der Waals surface area contributed by atoms with Crippen LogP contribution in [0.3, 0.4) is 0 Å². The molecule has 19 heavy (non-hydrogen) atoms. The van der Waals surface area contributed by atoms with Crippen molar-refractivity contribution in [1.82, 2.24) is 9.97 Å². The normalized spacial score (nSPS) is 12.5. The Labute approximate surface area is 110 Å². The predicted octanol–water partition coefficient (Wildman–Crippen LogP) is 2.29. The van der Waals surface area contributed by atoms with E-state index in [4.69, 9.17) is 5.73 Å². The van der Waals surface area contributed by atoms with Crippen LogP contribution in [0.25, 0.3) is 10.8 Å². The molecule has 0 radical (unpaired) electrons. The second-order valence-electron chi connectivity index (χ2n) is 4.30. The molecule has 1 aromatic carbocycles. The average Bonchev–Trinajstić information content (AvgIpc) is 2.46. The van der Waals surface area contributed by atoms with Crippen LogP contribution in [0, 0.1) is 0 Å². The summed E-state index contributed by atoms with van der Waals surface area (Å²) in [5, 5.41) is 12.4. The molecule has 2 heterocycles. The van der Waals surface area contributed by atoms with Gasteiger partial charge in [-0.1, -0.05) is 30.3 Å². The van der Waals surface area contributed by atoms with Crippen molar-refractivity contribution in [2.75, 3.05) is 5.73 Å². The Morgan fingerprint density at radius 2 is 1.79 bits per heavy atom. The van der Waals surface area contributed by atoms with Crippen LogP contribution in [0.1, 0.15) is 17.4 Å². The van der Waals surface area contributed by atoms with Crippen molar-refractivity contribution in [3.8, 4) is 0 Å². The number of aliphatic hydroxyl groups excluding tert-OH is 1. The van der Waals surface area contributed by atoms with Gasteiger partial charge in [0, 0.05) is 23.3 Å². The van der Waals surface area contributed by atoms with Gasteiger partial charge >= 0.3 is 0 Å². The van der Waals surface area contributed by atoms with Crippen LogP contribution in [-0.4, -0.2) is 15.1 Å². The van der Waals surface area contributed by atoms with Crippen molar-refractivity contribution in [2.24, 2.45) is 0 Å². The molecule has 4 heteroatoms. The number of nitrogens with zero attached hydrogens (tertiary/aromatic N) is 2. The Morgan fingerprint density at radius 3 is 2.63 bits per heavy atom. The lowest BCUT2D eigenvalue weighted by atomic mass is 10.0. The number of hydrogen-bond donors (Lipinski definition) is 2. The zero-order valence-corrected chi connectivity index (χ0v) is 10.2. The summed E-state index contributed by atoms with van der Waals surface area (Å²) in [7, 11) is 0. The molecular weight excluding hydrogens is 238 g/mol. The molecule has 2 aromatic heterocycles. The standard InChI is InChI=1S/C15H13N3O/c16-15-12(6-3-8-18-15)14(19)13-11-5-2-1-4-10(11)7-9-17-13/h1-9,14,19H,(H2,16,18). The summed E-state index contributed by atoms with van der Waals surface area (Å²) in [5.74, 6) is 0.324. The number of anilines is 1. The topological polar surface area (TPSA) is 72.0 Å². The van der Waals surface area contributed by atoms with Crippen LogP contribution in [-0.2, 0) is 0 Å². The fraction of sp³-hybridized carbons (Fsp3) is 0.0667. The van der Waals surface area contributed by atoms with Crippen LogP contribution >= 0.6 is 0 Å². The van der Waals surface area contributed by atoms with Gasteiger partial charge in [0.05, 0.1) is 5.69 Å². The molecule has 3 aromatic rings. The molecule has 1 unspecified atom stereocenters. The van der Waals surface area contributed by atoms with Crippen molar-refractivity contribution in [3.05, 3.63) is 66.1 Å². The van der Waals surface area contributed by atoms with Crippen molar-refractivity contribution >= 4 is 16.6 Å². The highest BCUT2D eigenvalue weighted by molar-refractivity contribution is 5.85. The number of aliphatic hydroxyl groups is 1. The minimum atomic E-state index is -0.875. The summed E-state index contributed by atoms with van der Waals surface area (Å²) in [6.45, 7) is 0. The van der Waals surface area contributed by atoms with Gasteiger partial charge in [-0.3, -0.25) is 4.98 Å². The lowest BCUT2D eigenvalue weighted by molar-refractivity contribution is 0.217. The molecule has 0 spiro atoms. The van der Waals surface area contributed by atoms with E-state index < -0.39 is 6.10 Å². The molecule has 0 saturated carbocycles. The zero-order chi connectivity index (χ0) is 13.2. The summed E-state index contributed by atoms with van der Waals surface area (Å²) >= 11 is 0. The Morgan fingerprint density at radius 1 is 0.947 bits per heavy atom. The van der Waals surface area contributed by atoms with Crippen LogP contribution in [0.15, 0.2) is 54.9 Å². The van der Waals surface area contributed by atoms with E-state index in [0.29, 0.717) is 17.1 Å². The third-order valence-electron chi connectivity index (χ3n) is 3.13. The van der Waals surface area contributed by atoms with Gasteiger partial charge in [0.25, 0.3) is 0 Å². The highest BCUT2D eigenvalue weighted by Gasteiger charge is 2.17. The highest BCUT2D eigenvalue weighted by Crippen LogP contribution is 2.28. The third kappa shape index (κ3) is 2.02. The Hall–Kier alpha value is -2.46. The maximum Gasteiger partial charge on any atom is 0.129 e. The molecule has 94 valence electrons. The lowest BCUT2D eigenvalue weighted by Gasteiger charge is -2.14. The van der Waals surface area contributed by atoms with Crippen molar-refractivity contribution < 1.29 is 5.11 Å². The predicted molar refractivity (Wildman–Crippen MR) is 74.5 cm³/mol. The fourth-order valence-electron chi connectivity index (χ4n) is 2.17. The third-order valence-corrected chi connectivity index (χ3v) is 3.13. The lowest BCUT2D eigenvalue weighted by Crippen LogP contribution is -2.07. The Bertz CT molecular complexity index is 722. The number of fused-ring (bicyclic) bond motifs is 1. The summed E-state index contributed by atoms with van der Waals surface area (Å²) < 4.78 is 0. The molecule has 4 nitrogen and oxygen atoms in total. The van der Waals surface area contributed by atoms with Crippen molar-refractivity contribution in [1.29, 1.82) is 0 Å². The van der Waals surface area contributed by atoms with Crippen LogP contribution in [0.4, 0.5) is 5.82 Å². The molecule has 0 aliphatic heterocycles. The van der Waals surface area contributed by atoms with Gasteiger partial charge in [0.2, 0.25) is 0 Å². The number of benzene rings is 1. The van der Waals surface area contributed by atoms with Crippen LogP contribution in [0.2, 0.25) is 0 Å². The number of nitrogens with two attached hydrogens (primary N) is 1. The first-order valence-electron chi connectivity index (χ1n) is 5.99. The minimum absolute atomic E-state index is 0.324.